The highest BCUT2D eigenvalue weighted by atomic mass is 32.2. The number of benzene rings is 1. The van der Waals surface area contributed by atoms with Crippen molar-refractivity contribution >= 4 is 20.9 Å². The number of pyridine rings is 1. The van der Waals surface area contributed by atoms with Crippen LogP contribution in [0.15, 0.2) is 41.4 Å². The molecule has 1 saturated carbocycles. The van der Waals surface area contributed by atoms with Gasteiger partial charge in [0.15, 0.2) is 0 Å². The van der Waals surface area contributed by atoms with Gasteiger partial charge < -0.3 is 0 Å². The second-order valence-electron chi connectivity index (χ2n) is 6.33. The summed E-state index contributed by atoms with van der Waals surface area (Å²) in [6.45, 7) is 2.06. The first-order valence-electron chi connectivity index (χ1n) is 7.75. The molecule has 5 nitrogen and oxygen atoms in total. The summed E-state index contributed by atoms with van der Waals surface area (Å²) in [6, 6.07) is 10.7. The van der Waals surface area contributed by atoms with Crippen molar-refractivity contribution in [2.45, 2.75) is 43.0 Å². The molecule has 1 aliphatic rings. The Hall–Kier alpha value is -1.97. The summed E-state index contributed by atoms with van der Waals surface area (Å²) in [4.78, 5) is 4.37. The van der Waals surface area contributed by atoms with Gasteiger partial charge in [-0.05, 0) is 43.0 Å². The number of hydrogen-bond donors (Lipinski definition) is 1. The van der Waals surface area contributed by atoms with E-state index in [1.165, 1.54) is 0 Å². The van der Waals surface area contributed by atoms with Gasteiger partial charge >= 0.3 is 0 Å². The molecule has 1 N–H and O–H groups in total. The summed E-state index contributed by atoms with van der Waals surface area (Å²) in [6.07, 6.45) is 4.62. The SMILES string of the molecule is CC1CCCC(C#N)(NS(=O)(=O)c2cccc3ncccc23)C1. The van der Waals surface area contributed by atoms with Crippen molar-refractivity contribution < 1.29 is 8.42 Å². The predicted octanol–water partition coefficient (Wildman–Crippen LogP) is 2.99. The van der Waals surface area contributed by atoms with Crippen molar-refractivity contribution in [3.8, 4) is 6.07 Å². The Balaban J connectivity index is 2.03. The number of fused-ring (bicyclic) bond motifs is 1. The molecule has 1 aromatic carbocycles. The van der Waals surface area contributed by atoms with Gasteiger partial charge in [-0.3, -0.25) is 4.98 Å². The van der Waals surface area contributed by atoms with Gasteiger partial charge in [0.25, 0.3) is 0 Å². The first kappa shape index (κ1) is 15.9. The van der Waals surface area contributed by atoms with Gasteiger partial charge in [-0.25, -0.2) is 8.42 Å². The fourth-order valence-electron chi connectivity index (χ4n) is 3.39. The fraction of sp³-hybridized carbons (Fsp3) is 0.412. The average Bonchev–Trinajstić information content (AvgIpc) is 2.54. The Morgan fingerprint density at radius 1 is 1.35 bits per heavy atom. The van der Waals surface area contributed by atoms with Crippen molar-refractivity contribution in [3.63, 3.8) is 0 Å². The lowest BCUT2D eigenvalue weighted by atomic mass is 9.78. The third-order valence-corrected chi connectivity index (χ3v) is 6.03. The Labute approximate surface area is 136 Å². The van der Waals surface area contributed by atoms with Crippen LogP contribution < -0.4 is 4.72 Å². The zero-order valence-electron chi connectivity index (χ0n) is 13.0. The number of aromatic nitrogens is 1. The maximum Gasteiger partial charge on any atom is 0.242 e. The minimum atomic E-state index is -3.79. The highest BCUT2D eigenvalue weighted by Crippen LogP contribution is 2.33. The number of hydrogen-bond acceptors (Lipinski definition) is 4. The quantitative estimate of drug-likeness (QED) is 0.938. The molecule has 0 aliphatic heterocycles. The molecule has 0 saturated heterocycles. The van der Waals surface area contributed by atoms with Gasteiger partial charge in [0.1, 0.15) is 5.54 Å². The molecule has 2 atom stereocenters. The number of rotatable bonds is 3. The summed E-state index contributed by atoms with van der Waals surface area (Å²) in [5.74, 6) is 0.334. The van der Waals surface area contributed by atoms with E-state index in [-0.39, 0.29) is 4.90 Å². The molecular formula is C17H19N3O2S. The van der Waals surface area contributed by atoms with Crippen LogP contribution in [0.25, 0.3) is 10.9 Å². The zero-order valence-corrected chi connectivity index (χ0v) is 13.8. The molecule has 2 unspecified atom stereocenters. The third kappa shape index (κ3) is 3.07. The Morgan fingerprint density at radius 3 is 2.91 bits per heavy atom. The number of nitriles is 1. The van der Waals surface area contributed by atoms with Crippen molar-refractivity contribution in [1.82, 2.24) is 9.71 Å². The summed E-state index contributed by atoms with van der Waals surface area (Å²) in [5.41, 5.74) is -0.390. The highest BCUT2D eigenvalue weighted by Gasteiger charge is 2.39. The molecule has 1 fully saturated rings. The van der Waals surface area contributed by atoms with Crippen LogP contribution in [0, 0.1) is 17.2 Å². The number of sulfonamides is 1. The minimum absolute atomic E-state index is 0.177. The second kappa shape index (κ2) is 5.91. The predicted molar refractivity (Wildman–Crippen MR) is 88.0 cm³/mol. The van der Waals surface area contributed by atoms with E-state index < -0.39 is 15.6 Å². The highest BCUT2D eigenvalue weighted by molar-refractivity contribution is 7.89. The van der Waals surface area contributed by atoms with E-state index in [9.17, 15) is 13.7 Å². The normalized spacial score (nSPS) is 25.1. The van der Waals surface area contributed by atoms with Gasteiger partial charge in [-0.2, -0.15) is 9.98 Å². The lowest BCUT2D eigenvalue weighted by Crippen LogP contribution is -2.50. The van der Waals surface area contributed by atoms with Crippen molar-refractivity contribution in [2.24, 2.45) is 5.92 Å². The standard InChI is InChI=1S/C17H19N3O2S/c1-13-5-3-9-17(11-13,12-18)20-23(21,22)16-8-2-7-15-14(16)6-4-10-19-15/h2,4,6-8,10,13,20H,3,5,9,11H2,1H3. The summed E-state index contributed by atoms with van der Waals surface area (Å²) < 4.78 is 28.5. The molecule has 120 valence electrons. The molecular weight excluding hydrogens is 310 g/mol. The van der Waals surface area contributed by atoms with Crippen LogP contribution in [0.1, 0.15) is 32.6 Å². The van der Waals surface area contributed by atoms with E-state index in [0.29, 0.717) is 29.7 Å². The third-order valence-electron chi connectivity index (χ3n) is 4.44. The van der Waals surface area contributed by atoms with Crippen LogP contribution in [0.3, 0.4) is 0 Å². The lowest BCUT2D eigenvalue weighted by molar-refractivity contribution is 0.270. The fourth-order valence-corrected chi connectivity index (χ4v) is 4.97. The van der Waals surface area contributed by atoms with E-state index in [2.05, 4.69) is 22.7 Å². The monoisotopic (exact) mass is 329 g/mol. The second-order valence-corrected chi connectivity index (χ2v) is 7.98. The topological polar surface area (TPSA) is 82.9 Å². The molecule has 0 bridgehead atoms. The molecule has 1 aromatic heterocycles. The molecule has 0 spiro atoms. The van der Waals surface area contributed by atoms with Gasteiger partial charge in [-0.15, -0.1) is 0 Å². The Morgan fingerprint density at radius 2 is 2.17 bits per heavy atom. The van der Waals surface area contributed by atoms with Gasteiger partial charge in [-0.1, -0.05) is 25.8 Å². The van der Waals surface area contributed by atoms with E-state index in [1.54, 1.807) is 36.5 Å². The molecule has 1 aliphatic carbocycles. The zero-order chi connectivity index (χ0) is 16.5. The van der Waals surface area contributed by atoms with Crippen LogP contribution >= 0.6 is 0 Å². The van der Waals surface area contributed by atoms with Crippen LogP contribution in [-0.4, -0.2) is 18.9 Å². The first-order chi connectivity index (χ1) is 11.0. The molecule has 2 aromatic rings. The van der Waals surface area contributed by atoms with Gasteiger partial charge in [0.2, 0.25) is 10.0 Å². The summed E-state index contributed by atoms with van der Waals surface area (Å²) in [7, 11) is -3.79. The average molecular weight is 329 g/mol. The van der Waals surface area contributed by atoms with Crippen LogP contribution in [0.4, 0.5) is 0 Å². The number of nitrogens with zero attached hydrogens (tertiary/aromatic N) is 2. The maximum atomic E-state index is 12.9. The summed E-state index contributed by atoms with van der Waals surface area (Å²) in [5, 5.41) is 10.2. The largest absolute Gasteiger partial charge is 0.256 e. The van der Waals surface area contributed by atoms with Gasteiger partial charge in [0.05, 0.1) is 16.5 Å². The van der Waals surface area contributed by atoms with E-state index in [1.807, 2.05) is 0 Å². The van der Waals surface area contributed by atoms with E-state index in [0.717, 1.165) is 12.8 Å². The van der Waals surface area contributed by atoms with Crippen molar-refractivity contribution in [1.29, 1.82) is 5.26 Å². The maximum absolute atomic E-state index is 12.9. The van der Waals surface area contributed by atoms with E-state index >= 15 is 0 Å². The molecule has 0 radical (unpaired) electrons. The summed E-state index contributed by atoms with van der Waals surface area (Å²) >= 11 is 0. The lowest BCUT2D eigenvalue weighted by Gasteiger charge is -2.34. The Bertz CT molecular complexity index is 868. The Kier molecular flexibility index (Phi) is 4.09. The van der Waals surface area contributed by atoms with Gasteiger partial charge in [0, 0.05) is 11.6 Å². The molecule has 23 heavy (non-hydrogen) atoms. The molecule has 3 rings (SSSR count). The minimum Gasteiger partial charge on any atom is -0.256 e. The van der Waals surface area contributed by atoms with Crippen LogP contribution in [-0.2, 0) is 10.0 Å². The van der Waals surface area contributed by atoms with Crippen molar-refractivity contribution in [3.05, 3.63) is 36.5 Å². The molecule has 1 heterocycles. The smallest absolute Gasteiger partial charge is 0.242 e. The molecule has 6 heteroatoms. The van der Waals surface area contributed by atoms with Crippen molar-refractivity contribution in [2.75, 3.05) is 0 Å². The first-order valence-corrected chi connectivity index (χ1v) is 9.23. The molecule has 0 amide bonds. The number of nitrogens with one attached hydrogen (secondary N) is 1. The van der Waals surface area contributed by atoms with Crippen LogP contribution in [0.2, 0.25) is 0 Å². The van der Waals surface area contributed by atoms with E-state index in [4.69, 9.17) is 0 Å². The van der Waals surface area contributed by atoms with Crippen LogP contribution in [0.5, 0.6) is 0 Å².